The van der Waals surface area contributed by atoms with E-state index in [0.717, 1.165) is 29.1 Å². The van der Waals surface area contributed by atoms with Gasteiger partial charge in [-0.2, -0.15) is 0 Å². The molecule has 0 saturated carbocycles. The highest BCUT2D eigenvalue weighted by Gasteiger charge is 2.34. The summed E-state index contributed by atoms with van der Waals surface area (Å²) < 4.78 is 6.10. The molecule has 24 heavy (non-hydrogen) atoms. The Morgan fingerprint density at radius 3 is 2.71 bits per heavy atom. The number of hydrogen-bond acceptors (Lipinski definition) is 3. The van der Waals surface area contributed by atoms with Crippen LogP contribution in [-0.4, -0.2) is 15.7 Å². The van der Waals surface area contributed by atoms with Crippen LogP contribution in [0, 0.1) is 13.8 Å². The third-order valence-electron chi connectivity index (χ3n) is 4.09. The topological polar surface area (TPSA) is 46.2 Å². The molecule has 0 aliphatic carbocycles. The highest BCUT2D eigenvalue weighted by Crippen LogP contribution is 2.39. The van der Waals surface area contributed by atoms with Crippen LogP contribution in [0.5, 0.6) is 5.75 Å². The van der Waals surface area contributed by atoms with Crippen molar-refractivity contribution in [2.45, 2.75) is 45.8 Å². The summed E-state index contributed by atoms with van der Waals surface area (Å²) in [5, 5.41) is 7.17. The zero-order valence-corrected chi connectivity index (χ0v) is 15.3. The molecule has 4 nitrogen and oxygen atoms in total. The van der Waals surface area contributed by atoms with Crippen LogP contribution in [0.3, 0.4) is 0 Å². The molecule has 0 fully saturated rings. The number of aryl methyl sites for hydroxylation is 2. The molecule has 1 aliphatic rings. The van der Waals surface area contributed by atoms with Gasteiger partial charge in [0.05, 0.1) is 6.04 Å². The minimum atomic E-state index is -0.239. The first-order valence-electron chi connectivity index (χ1n) is 8.12. The van der Waals surface area contributed by atoms with E-state index in [1.165, 1.54) is 5.56 Å². The Morgan fingerprint density at radius 2 is 1.96 bits per heavy atom. The van der Waals surface area contributed by atoms with Crippen LogP contribution in [-0.2, 0) is 0 Å². The van der Waals surface area contributed by atoms with Crippen LogP contribution in [0.4, 0.5) is 5.82 Å². The fourth-order valence-corrected chi connectivity index (χ4v) is 3.26. The van der Waals surface area contributed by atoms with Gasteiger partial charge in [-0.3, -0.25) is 0 Å². The van der Waals surface area contributed by atoms with Crippen molar-refractivity contribution in [1.82, 2.24) is 10.3 Å². The molecule has 2 N–H and O–H groups in total. The van der Waals surface area contributed by atoms with E-state index in [1.54, 1.807) is 6.20 Å². The van der Waals surface area contributed by atoms with E-state index < -0.39 is 0 Å². The van der Waals surface area contributed by atoms with Gasteiger partial charge in [-0.05, 0) is 63.7 Å². The van der Waals surface area contributed by atoms with Gasteiger partial charge in [-0.25, -0.2) is 4.98 Å². The SMILES string of the molecule is Cc1ccnc(NC(=S)N[C@H]2CC(C)(C)Oc3ccc(C)cc32)c1. The first kappa shape index (κ1) is 16.7. The number of fused-ring (bicyclic) bond motifs is 1. The Bertz CT molecular complexity index is 773. The fraction of sp³-hybridized carbons (Fsp3) is 0.368. The van der Waals surface area contributed by atoms with Gasteiger partial charge in [0, 0.05) is 18.2 Å². The Labute approximate surface area is 148 Å². The van der Waals surface area contributed by atoms with Gasteiger partial charge in [-0.15, -0.1) is 0 Å². The summed E-state index contributed by atoms with van der Waals surface area (Å²) in [6.07, 6.45) is 2.61. The van der Waals surface area contributed by atoms with Crippen LogP contribution in [0.2, 0.25) is 0 Å². The van der Waals surface area contributed by atoms with E-state index in [-0.39, 0.29) is 11.6 Å². The van der Waals surface area contributed by atoms with E-state index in [0.29, 0.717) is 5.11 Å². The average molecular weight is 341 g/mol. The molecule has 5 heteroatoms. The standard InChI is InChI=1S/C19H23N3OS/c1-12-5-6-16-14(9-12)15(11-19(3,4)23-16)21-18(24)22-17-10-13(2)7-8-20-17/h5-10,15H,11H2,1-4H3,(H2,20,21,22,24)/t15-/m0/s1. The molecule has 1 aromatic heterocycles. The number of thiocarbonyl (C=S) groups is 1. The normalized spacial score (nSPS) is 18.2. The second-order valence-electron chi connectivity index (χ2n) is 6.98. The van der Waals surface area contributed by atoms with Crippen molar-refractivity contribution in [3.05, 3.63) is 53.2 Å². The lowest BCUT2D eigenvalue weighted by Crippen LogP contribution is -2.42. The number of pyridine rings is 1. The molecule has 1 aromatic carbocycles. The van der Waals surface area contributed by atoms with Gasteiger partial charge in [0.2, 0.25) is 0 Å². The van der Waals surface area contributed by atoms with E-state index in [4.69, 9.17) is 17.0 Å². The summed E-state index contributed by atoms with van der Waals surface area (Å²) in [7, 11) is 0. The molecular formula is C19H23N3OS. The number of rotatable bonds is 2. The smallest absolute Gasteiger partial charge is 0.172 e. The van der Waals surface area contributed by atoms with E-state index >= 15 is 0 Å². The van der Waals surface area contributed by atoms with Crippen LogP contribution in [0.15, 0.2) is 36.5 Å². The lowest BCUT2D eigenvalue weighted by atomic mass is 9.89. The van der Waals surface area contributed by atoms with Gasteiger partial charge in [0.1, 0.15) is 17.2 Å². The van der Waals surface area contributed by atoms with Crippen molar-refractivity contribution < 1.29 is 4.74 Å². The molecule has 3 rings (SSSR count). The Balaban J connectivity index is 1.79. The molecule has 1 aliphatic heterocycles. The van der Waals surface area contributed by atoms with Crippen LogP contribution in [0.25, 0.3) is 0 Å². The number of nitrogens with zero attached hydrogens (tertiary/aromatic N) is 1. The van der Waals surface area contributed by atoms with E-state index in [9.17, 15) is 0 Å². The maximum absolute atomic E-state index is 6.10. The largest absolute Gasteiger partial charge is 0.487 e. The lowest BCUT2D eigenvalue weighted by Gasteiger charge is -2.38. The van der Waals surface area contributed by atoms with Crippen molar-refractivity contribution >= 4 is 23.1 Å². The summed E-state index contributed by atoms with van der Waals surface area (Å²) in [5.41, 5.74) is 3.26. The predicted molar refractivity (Wildman–Crippen MR) is 102 cm³/mol. The minimum Gasteiger partial charge on any atom is -0.487 e. The Hall–Kier alpha value is -2.14. The maximum Gasteiger partial charge on any atom is 0.172 e. The molecule has 1 atom stereocenters. The molecule has 0 saturated heterocycles. The zero-order valence-electron chi connectivity index (χ0n) is 14.5. The zero-order chi connectivity index (χ0) is 17.3. The summed E-state index contributed by atoms with van der Waals surface area (Å²) in [6.45, 7) is 8.32. The number of ether oxygens (including phenoxy) is 1. The molecule has 0 radical (unpaired) electrons. The Morgan fingerprint density at radius 1 is 1.21 bits per heavy atom. The van der Waals surface area contributed by atoms with Crippen molar-refractivity contribution in [3.8, 4) is 5.75 Å². The third-order valence-corrected chi connectivity index (χ3v) is 4.30. The predicted octanol–water partition coefficient (Wildman–Crippen LogP) is 4.29. The number of aromatic nitrogens is 1. The average Bonchev–Trinajstić information content (AvgIpc) is 2.47. The number of anilines is 1. The molecular weight excluding hydrogens is 318 g/mol. The van der Waals surface area contributed by atoms with Crippen LogP contribution >= 0.6 is 12.2 Å². The summed E-state index contributed by atoms with van der Waals surface area (Å²) in [5.74, 6) is 1.68. The third kappa shape index (κ3) is 3.85. The van der Waals surface area contributed by atoms with E-state index in [2.05, 4.69) is 48.5 Å². The van der Waals surface area contributed by atoms with Crippen LogP contribution in [0.1, 0.15) is 43.0 Å². The van der Waals surface area contributed by atoms with Gasteiger partial charge in [0.15, 0.2) is 5.11 Å². The molecule has 0 unspecified atom stereocenters. The molecule has 126 valence electrons. The minimum absolute atomic E-state index is 0.105. The van der Waals surface area contributed by atoms with Gasteiger partial charge < -0.3 is 15.4 Å². The van der Waals surface area contributed by atoms with Crippen molar-refractivity contribution in [2.75, 3.05) is 5.32 Å². The first-order chi connectivity index (χ1) is 11.3. The van der Waals surface area contributed by atoms with Gasteiger partial charge in [-0.1, -0.05) is 17.7 Å². The Kier molecular flexibility index (Phi) is 4.45. The highest BCUT2D eigenvalue weighted by molar-refractivity contribution is 7.80. The first-order valence-corrected chi connectivity index (χ1v) is 8.53. The monoisotopic (exact) mass is 341 g/mol. The van der Waals surface area contributed by atoms with Crippen molar-refractivity contribution in [3.63, 3.8) is 0 Å². The molecule has 0 amide bonds. The number of hydrogen-bond donors (Lipinski definition) is 2. The van der Waals surface area contributed by atoms with Gasteiger partial charge >= 0.3 is 0 Å². The highest BCUT2D eigenvalue weighted by atomic mass is 32.1. The van der Waals surface area contributed by atoms with Crippen LogP contribution < -0.4 is 15.4 Å². The fourth-order valence-electron chi connectivity index (χ4n) is 3.02. The summed E-state index contributed by atoms with van der Waals surface area (Å²) in [6, 6.07) is 10.3. The number of nitrogens with one attached hydrogen (secondary N) is 2. The number of benzene rings is 1. The van der Waals surface area contributed by atoms with E-state index in [1.807, 2.05) is 25.1 Å². The van der Waals surface area contributed by atoms with Crippen molar-refractivity contribution in [1.29, 1.82) is 0 Å². The summed E-state index contributed by atoms with van der Waals surface area (Å²) in [4.78, 5) is 4.30. The quantitative estimate of drug-likeness (QED) is 0.798. The lowest BCUT2D eigenvalue weighted by molar-refractivity contribution is 0.0696. The van der Waals surface area contributed by atoms with Gasteiger partial charge in [0.25, 0.3) is 0 Å². The molecule has 2 heterocycles. The molecule has 2 aromatic rings. The second-order valence-corrected chi connectivity index (χ2v) is 7.38. The molecule has 0 bridgehead atoms. The summed E-state index contributed by atoms with van der Waals surface area (Å²) >= 11 is 5.49. The van der Waals surface area contributed by atoms with Crippen molar-refractivity contribution in [2.24, 2.45) is 0 Å². The molecule has 0 spiro atoms. The second kappa shape index (κ2) is 6.40. The maximum atomic E-state index is 6.10.